The first-order chi connectivity index (χ1) is 6.72. The smallest absolute Gasteiger partial charge is 0.132 e. The van der Waals surface area contributed by atoms with Gasteiger partial charge < -0.3 is 4.74 Å². The van der Waals surface area contributed by atoms with Gasteiger partial charge in [-0.3, -0.25) is 0 Å². The maximum absolute atomic E-state index is 7.34. The Hall–Kier alpha value is -0.760. The highest BCUT2D eigenvalue weighted by Crippen LogP contribution is 2.12. The predicted octanol–water partition coefficient (Wildman–Crippen LogP) is 1.74. The summed E-state index contributed by atoms with van der Waals surface area (Å²) in [5.74, 6) is -0.556. The van der Waals surface area contributed by atoms with E-state index in [4.69, 9.17) is 19.8 Å². The van der Waals surface area contributed by atoms with Crippen molar-refractivity contribution in [1.29, 1.82) is 0 Å². The molecule has 0 N–H and O–H groups in total. The van der Waals surface area contributed by atoms with Gasteiger partial charge in [-0.1, -0.05) is 11.6 Å². The monoisotopic (exact) mass is 149 g/mol. The largest absolute Gasteiger partial charge is 0.497 e. The number of hydrogen-bond donors (Lipinski definition) is 0. The van der Waals surface area contributed by atoms with E-state index in [2.05, 4.69) is 9.72 Å². The molecule has 0 bridgehead atoms. The molecular weight excluding hydrogens is 138 g/mol. The number of rotatable bonds is 1. The number of hydrogen-bond acceptors (Lipinski definition) is 2. The Morgan fingerprint density at radius 1 is 2.00 bits per heavy atom. The summed E-state index contributed by atoms with van der Waals surface area (Å²) in [7, 11) is -2.79. The van der Waals surface area contributed by atoms with Crippen molar-refractivity contribution in [1.82, 2.24) is 4.98 Å². The molecular formula is C6H6ClNO. The van der Waals surface area contributed by atoms with Crippen LogP contribution < -0.4 is 4.74 Å². The van der Waals surface area contributed by atoms with Crippen molar-refractivity contribution in [2.24, 2.45) is 0 Å². The van der Waals surface area contributed by atoms with Gasteiger partial charge in [0, 0.05) is 12.2 Å². The van der Waals surface area contributed by atoms with E-state index in [1.54, 1.807) is 0 Å². The fourth-order valence-corrected chi connectivity index (χ4v) is 0.460. The predicted molar refractivity (Wildman–Crippen MR) is 35.8 cm³/mol. The maximum atomic E-state index is 7.34. The Labute approximate surface area is 66.9 Å². The van der Waals surface area contributed by atoms with E-state index < -0.39 is 31.0 Å². The Bertz CT molecular complexity index is 366. The number of ether oxygens (including phenoxy) is 1. The quantitative estimate of drug-likeness (QED) is 0.568. The number of methoxy groups -OCH3 is 1. The zero-order valence-electron chi connectivity index (χ0n) is 10.2. The first-order valence-electron chi connectivity index (χ1n) is 5.04. The number of nitrogens with zero attached hydrogens (tertiary/aromatic N) is 1. The van der Waals surface area contributed by atoms with Gasteiger partial charge in [0.1, 0.15) is 10.9 Å². The minimum Gasteiger partial charge on any atom is -0.497 e. The third kappa shape index (κ3) is 1.57. The molecule has 0 aliphatic rings. The highest BCUT2D eigenvalue weighted by Gasteiger charge is 1.89. The molecule has 0 saturated heterocycles. The number of halogens is 1. The molecule has 48 valence electrons. The van der Waals surface area contributed by atoms with E-state index in [-0.39, 0.29) is 5.15 Å². The van der Waals surface area contributed by atoms with Gasteiger partial charge in [-0.25, -0.2) is 4.98 Å². The number of pyridine rings is 1. The lowest BCUT2D eigenvalue weighted by molar-refractivity contribution is 0.414. The zero-order valence-corrected chi connectivity index (χ0v) is 4.99. The van der Waals surface area contributed by atoms with Crippen molar-refractivity contribution in [2.75, 3.05) is 7.04 Å². The first-order valence-corrected chi connectivity index (χ1v) is 2.42. The van der Waals surface area contributed by atoms with Crippen LogP contribution in [0.5, 0.6) is 5.75 Å². The first kappa shape index (κ1) is 2.13. The summed E-state index contributed by atoms with van der Waals surface area (Å²) in [6.07, 6.45) is -0.532. The van der Waals surface area contributed by atoms with Crippen molar-refractivity contribution in [3.8, 4) is 5.75 Å². The lowest BCUT2D eigenvalue weighted by Crippen LogP contribution is -1.82. The van der Waals surface area contributed by atoms with Crippen molar-refractivity contribution >= 4 is 11.6 Å². The third-order valence-electron chi connectivity index (χ3n) is 0.642. The summed E-state index contributed by atoms with van der Waals surface area (Å²) in [5.41, 5.74) is 0. The molecule has 0 unspecified atom stereocenters. The summed E-state index contributed by atoms with van der Waals surface area (Å²) in [6, 6.07) is -1.07. The van der Waals surface area contributed by atoms with Gasteiger partial charge in [0.15, 0.2) is 0 Å². The van der Waals surface area contributed by atoms with E-state index in [1.165, 1.54) is 0 Å². The van der Waals surface area contributed by atoms with Gasteiger partial charge in [0.2, 0.25) is 0 Å². The molecule has 0 aliphatic heterocycles. The van der Waals surface area contributed by atoms with Crippen LogP contribution in [0, 0.1) is 0 Å². The second-order valence-corrected chi connectivity index (χ2v) is 1.55. The van der Waals surface area contributed by atoms with Crippen LogP contribution in [-0.2, 0) is 0 Å². The molecule has 9 heavy (non-hydrogen) atoms. The second kappa shape index (κ2) is 2.69. The zero-order chi connectivity index (χ0) is 11.8. The summed E-state index contributed by atoms with van der Waals surface area (Å²) >= 11 is 5.45. The SMILES string of the molecule is [2H]c1nc(Cl)c([2H])c(OC([2H])([2H])[2H])c1[2H]. The molecule has 1 heterocycles. The summed E-state index contributed by atoms with van der Waals surface area (Å²) < 4.78 is 46.7. The summed E-state index contributed by atoms with van der Waals surface area (Å²) in [4.78, 5) is 3.36. The fraction of sp³-hybridized carbons (Fsp3) is 0.167. The van der Waals surface area contributed by atoms with Gasteiger partial charge >= 0.3 is 0 Å². The molecule has 0 fully saturated rings. The van der Waals surface area contributed by atoms with E-state index in [0.29, 0.717) is 0 Å². The van der Waals surface area contributed by atoms with Crippen LogP contribution in [0.1, 0.15) is 8.22 Å². The van der Waals surface area contributed by atoms with Crippen molar-refractivity contribution in [3.05, 3.63) is 23.4 Å². The Balaban J connectivity index is 3.27. The standard InChI is InChI=1S/C6H6ClNO/c1-9-5-2-3-8-6(7)4-5/h2-4H,1H3/i1D3,2D,3D,4D. The second-order valence-electron chi connectivity index (χ2n) is 1.20. The van der Waals surface area contributed by atoms with E-state index in [1.807, 2.05) is 0 Å². The molecule has 0 radical (unpaired) electrons. The molecule has 0 aliphatic carbocycles. The minimum atomic E-state index is -2.79. The minimum absolute atomic E-state index is 0.366. The van der Waals surface area contributed by atoms with Crippen LogP contribution in [0.3, 0.4) is 0 Å². The Morgan fingerprint density at radius 2 is 2.89 bits per heavy atom. The summed E-state index contributed by atoms with van der Waals surface area (Å²) in [5, 5.41) is -0.366. The van der Waals surface area contributed by atoms with Crippen LogP contribution in [0.15, 0.2) is 18.3 Å². The molecule has 0 atom stereocenters. The molecule has 1 rings (SSSR count). The van der Waals surface area contributed by atoms with Gasteiger partial charge in [-0.2, -0.15) is 0 Å². The molecule has 1 aromatic rings. The summed E-state index contributed by atoms with van der Waals surface area (Å²) in [6.45, 7) is 0. The highest BCUT2D eigenvalue weighted by molar-refractivity contribution is 6.29. The van der Waals surface area contributed by atoms with Crippen LogP contribution >= 0.6 is 11.6 Å². The van der Waals surface area contributed by atoms with Crippen LogP contribution in [0.25, 0.3) is 0 Å². The van der Waals surface area contributed by atoms with Crippen LogP contribution in [0.2, 0.25) is 5.15 Å². The topological polar surface area (TPSA) is 22.1 Å². The molecule has 3 heteroatoms. The molecule has 0 spiro atoms. The maximum Gasteiger partial charge on any atom is 0.132 e. The average molecular weight is 150 g/mol. The molecule has 0 saturated carbocycles. The van der Waals surface area contributed by atoms with Crippen LogP contribution in [-0.4, -0.2) is 12.0 Å². The Morgan fingerprint density at radius 3 is 3.67 bits per heavy atom. The normalized spacial score (nSPS) is 20.1. The van der Waals surface area contributed by atoms with Crippen molar-refractivity contribution < 1.29 is 13.0 Å². The molecule has 0 amide bonds. The fourth-order valence-electron chi connectivity index (χ4n) is 0.332. The molecule has 0 aromatic carbocycles. The Kier molecular flexibility index (Phi) is 0.636. The van der Waals surface area contributed by atoms with Crippen LogP contribution in [0.4, 0.5) is 0 Å². The van der Waals surface area contributed by atoms with Gasteiger partial charge in [-0.15, -0.1) is 0 Å². The average Bonchev–Trinajstić information content (AvgIpc) is 2.08. The van der Waals surface area contributed by atoms with Gasteiger partial charge in [0.05, 0.1) is 15.3 Å². The van der Waals surface area contributed by atoms with E-state index >= 15 is 0 Å². The lowest BCUT2D eigenvalue weighted by Gasteiger charge is -1.96. The lowest BCUT2D eigenvalue weighted by atomic mass is 10.5. The number of aromatic nitrogens is 1. The van der Waals surface area contributed by atoms with E-state index in [0.717, 1.165) is 0 Å². The highest BCUT2D eigenvalue weighted by atomic mass is 35.5. The van der Waals surface area contributed by atoms with Crippen molar-refractivity contribution in [2.45, 2.75) is 0 Å². The molecule has 1 aromatic heterocycles. The van der Waals surface area contributed by atoms with Crippen molar-refractivity contribution in [3.63, 3.8) is 0 Å². The van der Waals surface area contributed by atoms with Gasteiger partial charge in [-0.05, 0) is 6.04 Å². The molecule has 2 nitrogen and oxygen atoms in total. The van der Waals surface area contributed by atoms with E-state index in [9.17, 15) is 0 Å². The third-order valence-corrected chi connectivity index (χ3v) is 0.821. The van der Waals surface area contributed by atoms with Gasteiger partial charge in [0.25, 0.3) is 0 Å².